The number of anilines is 2. The van der Waals surface area contributed by atoms with Gasteiger partial charge in [-0.2, -0.15) is 0 Å². The maximum atomic E-state index is 14.0. The molecule has 0 aliphatic carbocycles. The molecule has 2 amide bonds. The summed E-state index contributed by atoms with van der Waals surface area (Å²) in [5.74, 6) is -0.969. The van der Waals surface area contributed by atoms with E-state index in [9.17, 15) is 19.7 Å². The summed E-state index contributed by atoms with van der Waals surface area (Å²) >= 11 is 0. The summed E-state index contributed by atoms with van der Waals surface area (Å²) in [5.41, 5.74) is 2.14. The van der Waals surface area contributed by atoms with Gasteiger partial charge in [-0.05, 0) is 42.3 Å². The first-order valence-electron chi connectivity index (χ1n) is 12.3. The third-order valence-corrected chi connectivity index (χ3v) is 7.07. The maximum absolute atomic E-state index is 14.0. The highest BCUT2D eigenvalue weighted by Crippen LogP contribution is 2.52. The van der Waals surface area contributed by atoms with Crippen LogP contribution in [0.5, 0.6) is 17.2 Å². The SMILES string of the molecule is CCc1ccc(N2C(=O)[C@@H]3[C@H](ON(c4cccc([N+](=O)[O-])c4)[C@H]3c3ccc(OC)c(OC)c3OC)C2=O)cc1. The number of non-ortho nitro benzene ring substituents is 1. The van der Waals surface area contributed by atoms with Gasteiger partial charge in [0.05, 0.1) is 37.6 Å². The molecule has 2 aliphatic heterocycles. The van der Waals surface area contributed by atoms with Crippen LogP contribution in [0.1, 0.15) is 24.1 Å². The molecule has 0 bridgehead atoms. The normalized spacial score (nSPS) is 20.3. The number of nitro groups is 1. The number of hydrogen-bond donors (Lipinski definition) is 0. The predicted molar refractivity (Wildman–Crippen MR) is 141 cm³/mol. The fourth-order valence-electron chi connectivity index (χ4n) is 5.19. The monoisotopic (exact) mass is 533 g/mol. The second kappa shape index (κ2) is 10.3. The minimum absolute atomic E-state index is 0.165. The van der Waals surface area contributed by atoms with Crippen LogP contribution < -0.4 is 24.2 Å². The average Bonchev–Trinajstić information content (AvgIpc) is 3.47. The van der Waals surface area contributed by atoms with E-state index < -0.39 is 34.8 Å². The summed E-state index contributed by atoms with van der Waals surface area (Å²) < 4.78 is 16.7. The highest BCUT2D eigenvalue weighted by Gasteiger charge is 2.61. The van der Waals surface area contributed by atoms with Gasteiger partial charge >= 0.3 is 0 Å². The fraction of sp³-hybridized carbons (Fsp3) is 0.286. The number of hydrogen-bond acceptors (Lipinski definition) is 9. The van der Waals surface area contributed by atoms with Crippen LogP contribution in [0.4, 0.5) is 17.1 Å². The molecule has 0 spiro atoms. The predicted octanol–water partition coefficient (Wildman–Crippen LogP) is 4.23. The number of ether oxygens (including phenoxy) is 3. The van der Waals surface area contributed by atoms with Gasteiger partial charge in [-0.25, -0.2) is 9.96 Å². The molecule has 2 aliphatic rings. The van der Waals surface area contributed by atoms with Gasteiger partial charge < -0.3 is 14.2 Å². The Morgan fingerprint density at radius 3 is 2.23 bits per heavy atom. The number of rotatable bonds is 8. The van der Waals surface area contributed by atoms with Crippen molar-refractivity contribution < 1.29 is 33.6 Å². The number of hydroxylamine groups is 1. The first-order valence-corrected chi connectivity index (χ1v) is 12.3. The molecule has 0 N–H and O–H groups in total. The first kappa shape index (κ1) is 26.0. The molecule has 3 atom stereocenters. The number of fused-ring (bicyclic) bond motifs is 1. The molecule has 2 heterocycles. The Balaban J connectivity index is 1.66. The van der Waals surface area contributed by atoms with Crippen LogP contribution in [0.3, 0.4) is 0 Å². The third-order valence-electron chi connectivity index (χ3n) is 7.07. The van der Waals surface area contributed by atoms with Crippen LogP contribution in [0.15, 0.2) is 60.7 Å². The highest BCUT2D eigenvalue weighted by atomic mass is 16.7. The summed E-state index contributed by atoms with van der Waals surface area (Å²) in [4.78, 5) is 45.9. The summed E-state index contributed by atoms with van der Waals surface area (Å²) in [5, 5.41) is 12.9. The molecule has 5 rings (SSSR count). The third kappa shape index (κ3) is 4.20. The van der Waals surface area contributed by atoms with E-state index in [1.54, 1.807) is 30.3 Å². The quantitative estimate of drug-likeness (QED) is 0.238. The zero-order valence-electron chi connectivity index (χ0n) is 21.8. The smallest absolute Gasteiger partial charge is 0.271 e. The summed E-state index contributed by atoms with van der Waals surface area (Å²) in [7, 11) is 4.40. The van der Waals surface area contributed by atoms with Crippen LogP contribution in [0.25, 0.3) is 0 Å². The topological polar surface area (TPSA) is 121 Å². The Morgan fingerprint density at radius 2 is 1.62 bits per heavy atom. The molecule has 2 saturated heterocycles. The molecule has 3 aromatic rings. The number of methoxy groups -OCH3 is 3. The number of nitro benzene ring substituents is 1. The second-order valence-electron chi connectivity index (χ2n) is 9.05. The number of carbonyl (C=O) groups is 2. The van der Waals surface area contributed by atoms with E-state index in [1.165, 1.54) is 44.6 Å². The summed E-state index contributed by atoms with van der Waals surface area (Å²) in [6.07, 6.45) is -0.346. The van der Waals surface area contributed by atoms with E-state index in [2.05, 4.69) is 0 Å². The van der Waals surface area contributed by atoms with E-state index >= 15 is 0 Å². The van der Waals surface area contributed by atoms with Crippen molar-refractivity contribution in [1.29, 1.82) is 0 Å². The largest absolute Gasteiger partial charge is 0.493 e. The number of amides is 2. The lowest BCUT2D eigenvalue weighted by atomic mass is 9.89. The summed E-state index contributed by atoms with van der Waals surface area (Å²) in [6, 6.07) is 15.5. The Morgan fingerprint density at radius 1 is 0.897 bits per heavy atom. The lowest BCUT2D eigenvalue weighted by Crippen LogP contribution is -2.37. The van der Waals surface area contributed by atoms with Crippen LogP contribution >= 0.6 is 0 Å². The van der Waals surface area contributed by atoms with Crippen molar-refractivity contribution in [2.75, 3.05) is 31.3 Å². The van der Waals surface area contributed by atoms with Gasteiger partial charge in [0.1, 0.15) is 12.0 Å². The molecular weight excluding hydrogens is 506 g/mol. The molecule has 2 fully saturated rings. The number of benzene rings is 3. The molecule has 11 nitrogen and oxygen atoms in total. The minimum Gasteiger partial charge on any atom is -0.493 e. The van der Waals surface area contributed by atoms with E-state index in [1.807, 2.05) is 19.1 Å². The average molecular weight is 534 g/mol. The van der Waals surface area contributed by atoms with E-state index in [4.69, 9.17) is 19.0 Å². The van der Waals surface area contributed by atoms with Crippen molar-refractivity contribution in [1.82, 2.24) is 0 Å². The van der Waals surface area contributed by atoms with Gasteiger partial charge in [-0.15, -0.1) is 0 Å². The van der Waals surface area contributed by atoms with E-state index in [-0.39, 0.29) is 11.4 Å². The molecule has 202 valence electrons. The van der Waals surface area contributed by atoms with Crippen molar-refractivity contribution in [3.05, 3.63) is 81.9 Å². The molecule has 0 aromatic heterocycles. The van der Waals surface area contributed by atoms with Crippen LogP contribution in [-0.4, -0.2) is 44.2 Å². The number of aryl methyl sites for hydroxylation is 1. The lowest BCUT2D eigenvalue weighted by molar-refractivity contribution is -0.384. The Hall–Kier alpha value is -4.64. The Kier molecular flexibility index (Phi) is 6.83. The van der Waals surface area contributed by atoms with Gasteiger partial charge in [-0.3, -0.25) is 24.5 Å². The molecular formula is C28H27N3O8. The van der Waals surface area contributed by atoms with Crippen LogP contribution in [0, 0.1) is 16.0 Å². The van der Waals surface area contributed by atoms with Crippen molar-refractivity contribution >= 4 is 28.9 Å². The van der Waals surface area contributed by atoms with Gasteiger partial charge in [0.2, 0.25) is 11.7 Å². The molecule has 39 heavy (non-hydrogen) atoms. The molecule has 0 radical (unpaired) electrons. The maximum Gasteiger partial charge on any atom is 0.271 e. The molecule has 3 aromatic carbocycles. The second-order valence-corrected chi connectivity index (χ2v) is 9.05. The first-order chi connectivity index (χ1) is 18.8. The lowest BCUT2D eigenvalue weighted by Gasteiger charge is -2.30. The van der Waals surface area contributed by atoms with Gasteiger partial charge in [-0.1, -0.05) is 25.1 Å². The zero-order valence-corrected chi connectivity index (χ0v) is 21.8. The van der Waals surface area contributed by atoms with Crippen molar-refractivity contribution in [2.24, 2.45) is 5.92 Å². The summed E-state index contributed by atoms with van der Waals surface area (Å²) in [6.45, 7) is 2.02. The highest BCUT2D eigenvalue weighted by molar-refractivity contribution is 6.24. The Labute approximate surface area is 224 Å². The van der Waals surface area contributed by atoms with Crippen molar-refractivity contribution in [3.63, 3.8) is 0 Å². The minimum atomic E-state index is -1.16. The van der Waals surface area contributed by atoms with Gasteiger partial charge in [0.15, 0.2) is 17.6 Å². The number of imide groups is 1. The van der Waals surface area contributed by atoms with Gasteiger partial charge in [0.25, 0.3) is 11.6 Å². The Bertz CT molecular complexity index is 1440. The molecule has 0 unspecified atom stereocenters. The van der Waals surface area contributed by atoms with Crippen LogP contribution in [0.2, 0.25) is 0 Å². The van der Waals surface area contributed by atoms with E-state index in [0.29, 0.717) is 28.4 Å². The standard InChI is InChI=1S/C28H27N3O8/c1-5-16-9-11-17(12-10-16)29-27(32)22-23(20-13-14-21(36-2)25(38-4)24(20)37-3)30(39-26(22)28(29)33)18-7-6-8-19(15-18)31(34)35/h6-15,22-23,26H,5H2,1-4H3/t22-,23-,26-/m0/s1. The number of nitrogens with zero attached hydrogens (tertiary/aromatic N) is 3. The molecule has 11 heteroatoms. The number of carbonyl (C=O) groups excluding carboxylic acids is 2. The van der Waals surface area contributed by atoms with Crippen molar-refractivity contribution in [2.45, 2.75) is 25.5 Å². The van der Waals surface area contributed by atoms with E-state index in [0.717, 1.165) is 16.9 Å². The molecule has 0 saturated carbocycles. The zero-order chi connectivity index (χ0) is 27.8. The fourth-order valence-corrected chi connectivity index (χ4v) is 5.19. The van der Waals surface area contributed by atoms with Gasteiger partial charge in [0, 0.05) is 17.7 Å². The van der Waals surface area contributed by atoms with Crippen LogP contribution in [-0.2, 0) is 20.8 Å². The van der Waals surface area contributed by atoms with Crippen molar-refractivity contribution in [3.8, 4) is 17.2 Å².